The third-order valence-electron chi connectivity index (χ3n) is 11.8. The molecule has 13 nitrogen and oxygen atoms in total. The van der Waals surface area contributed by atoms with E-state index in [0.29, 0.717) is 12.0 Å². The predicted octanol–water partition coefficient (Wildman–Crippen LogP) is 4.45. The van der Waals surface area contributed by atoms with Crippen molar-refractivity contribution in [2.24, 2.45) is 23.7 Å². The first-order valence-corrected chi connectivity index (χ1v) is 19.3. The highest BCUT2D eigenvalue weighted by Gasteiger charge is 2.57. The molecule has 1 aromatic carbocycles. The number of aromatic nitrogens is 1. The number of Topliss-reactive ketones (excluding diaryl/α,β-unsaturated/α-hetero) is 2. The van der Waals surface area contributed by atoms with Crippen molar-refractivity contribution in [2.45, 2.75) is 129 Å². The standard InChI is InChI=1S/C42H57N3O10/c1-11-32-42(8)36(44-40(50)55-42)25(4)33(46)23(2)21-41(7,51-18-14-15-28-20-29-16-12-13-17-30(29)43-22-28)37(26(5)34(47)27(6)38(49)53-32)54-39-35(48)31(45(9)10)19-24(3)52-39/h12-13,16-17,20,22-27,31-32,35-37,39,48H,11,18-19,21H2,1-10H3,(H,44,50)/t23-,24-,25+,26+,27-,31+,32-,35-,36-,37-,39+,41-,42-/m1/s1. The van der Waals surface area contributed by atoms with Crippen LogP contribution in [0.1, 0.15) is 80.2 Å². The molecule has 0 bridgehead atoms. The monoisotopic (exact) mass is 763 g/mol. The number of hydrogen-bond acceptors (Lipinski definition) is 12. The number of amides is 1. The number of esters is 1. The summed E-state index contributed by atoms with van der Waals surface area (Å²) in [6.45, 7) is 13.6. The minimum Gasteiger partial charge on any atom is -0.458 e. The lowest BCUT2D eigenvalue weighted by atomic mass is 9.73. The highest BCUT2D eigenvalue weighted by Crippen LogP contribution is 2.40. The zero-order valence-corrected chi connectivity index (χ0v) is 33.7. The van der Waals surface area contributed by atoms with Crippen molar-refractivity contribution in [3.8, 4) is 11.8 Å². The van der Waals surface area contributed by atoms with E-state index in [1.54, 1.807) is 47.7 Å². The summed E-state index contributed by atoms with van der Waals surface area (Å²) in [4.78, 5) is 61.7. The molecule has 13 heteroatoms. The topological polar surface area (TPSA) is 163 Å². The molecule has 1 amide bonds. The number of cyclic esters (lactones) is 1. The predicted molar refractivity (Wildman–Crippen MR) is 204 cm³/mol. The maximum Gasteiger partial charge on any atom is 0.408 e. The van der Waals surface area contributed by atoms with E-state index in [2.05, 4.69) is 22.1 Å². The molecule has 5 rings (SSSR count). The molecule has 3 aliphatic heterocycles. The lowest BCUT2D eigenvalue weighted by Gasteiger charge is -2.47. The molecular formula is C42H57N3O10. The summed E-state index contributed by atoms with van der Waals surface area (Å²) in [5, 5.41) is 15.3. The number of para-hydroxylation sites is 1. The number of carbonyl (C=O) groups is 4. The van der Waals surface area contributed by atoms with E-state index < -0.39 is 83.4 Å². The van der Waals surface area contributed by atoms with Crippen molar-refractivity contribution in [2.75, 3.05) is 20.7 Å². The Labute approximate surface area is 324 Å². The van der Waals surface area contributed by atoms with E-state index >= 15 is 0 Å². The second-order valence-electron chi connectivity index (χ2n) is 16.2. The molecule has 13 atom stereocenters. The maximum absolute atomic E-state index is 14.4. The largest absolute Gasteiger partial charge is 0.458 e. The average molecular weight is 764 g/mol. The molecule has 0 spiro atoms. The van der Waals surface area contributed by atoms with Gasteiger partial charge < -0.3 is 39.0 Å². The molecule has 0 aliphatic carbocycles. The number of nitrogens with one attached hydrogen (secondary N) is 1. The summed E-state index contributed by atoms with van der Waals surface area (Å²) in [6, 6.07) is 8.49. The lowest BCUT2D eigenvalue weighted by molar-refractivity contribution is -0.296. The van der Waals surface area contributed by atoms with Gasteiger partial charge in [0.2, 0.25) is 0 Å². The van der Waals surface area contributed by atoms with Crippen molar-refractivity contribution < 1.29 is 48.0 Å². The number of ketones is 2. The number of aliphatic hydroxyl groups is 1. The zero-order chi connectivity index (χ0) is 40.4. The highest BCUT2D eigenvalue weighted by molar-refractivity contribution is 6.00. The van der Waals surface area contributed by atoms with Crippen LogP contribution in [0, 0.1) is 35.5 Å². The number of alkyl carbamates (subject to hydrolysis) is 1. The second kappa shape index (κ2) is 17.1. The normalized spacial score (nSPS) is 37.6. The Balaban J connectivity index is 1.57. The molecular weight excluding hydrogens is 706 g/mol. The maximum atomic E-state index is 14.4. The van der Waals surface area contributed by atoms with Crippen LogP contribution in [0.5, 0.6) is 0 Å². The fourth-order valence-electron chi connectivity index (χ4n) is 8.61. The summed E-state index contributed by atoms with van der Waals surface area (Å²) >= 11 is 0. The van der Waals surface area contributed by atoms with Crippen LogP contribution < -0.4 is 5.32 Å². The Morgan fingerprint density at radius 1 is 1.04 bits per heavy atom. The summed E-state index contributed by atoms with van der Waals surface area (Å²) < 4.78 is 31.2. The van der Waals surface area contributed by atoms with Crippen LogP contribution in [-0.4, -0.2) is 113 Å². The van der Waals surface area contributed by atoms with Crippen molar-refractivity contribution in [3.05, 3.63) is 42.1 Å². The third-order valence-corrected chi connectivity index (χ3v) is 11.8. The van der Waals surface area contributed by atoms with Crippen LogP contribution in [0.3, 0.4) is 0 Å². The van der Waals surface area contributed by atoms with Crippen molar-refractivity contribution in [1.82, 2.24) is 15.2 Å². The fourth-order valence-corrected chi connectivity index (χ4v) is 8.61. The van der Waals surface area contributed by atoms with Gasteiger partial charge in [-0.05, 0) is 73.2 Å². The van der Waals surface area contributed by atoms with Crippen molar-refractivity contribution in [3.63, 3.8) is 0 Å². The van der Waals surface area contributed by atoms with Gasteiger partial charge in [0.25, 0.3) is 0 Å². The number of fused-ring (bicyclic) bond motifs is 2. The van der Waals surface area contributed by atoms with E-state index in [0.717, 1.165) is 10.9 Å². The minimum absolute atomic E-state index is 0.0570. The van der Waals surface area contributed by atoms with Gasteiger partial charge in [-0.1, -0.05) is 57.7 Å². The van der Waals surface area contributed by atoms with Crippen LogP contribution in [0.2, 0.25) is 0 Å². The molecule has 300 valence electrons. The lowest BCUT2D eigenvalue weighted by Crippen LogP contribution is -2.60. The highest BCUT2D eigenvalue weighted by atomic mass is 16.7. The van der Waals surface area contributed by atoms with E-state index in [-0.39, 0.29) is 37.4 Å². The van der Waals surface area contributed by atoms with Crippen molar-refractivity contribution >= 4 is 34.5 Å². The summed E-state index contributed by atoms with van der Waals surface area (Å²) in [6.07, 6.45) is -2.83. The van der Waals surface area contributed by atoms with Gasteiger partial charge in [-0.3, -0.25) is 19.4 Å². The molecule has 55 heavy (non-hydrogen) atoms. The number of hydrogen-bond donors (Lipinski definition) is 2. The van der Waals surface area contributed by atoms with Crippen LogP contribution in [0.15, 0.2) is 36.5 Å². The number of carbonyl (C=O) groups excluding carboxylic acids is 4. The smallest absolute Gasteiger partial charge is 0.408 e. The quantitative estimate of drug-likeness (QED) is 0.242. The molecule has 3 aliphatic rings. The first-order valence-electron chi connectivity index (χ1n) is 19.3. The van der Waals surface area contributed by atoms with Gasteiger partial charge in [0.15, 0.2) is 17.7 Å². The first kappa shape index (κ1) is 42.2. The van der Waals surface area contributed by atoms with Gasteiger partial charge in [0.05, 0.1) is 29.4 Å². The molecule has 3 saturated heterocycles. The number of aliphatic hydroxyl groups excluding tert-OH is 1. The Morgan fingerprint density at radius 3 is 2.44 bits per heavy atom. The van der Waals surface area contributed by atoms with Crippen LogP contribution >= 0.6 is 0 Å². The van der Waals surface area contributed by atoms with Crippen molar-refractivity contribution in [1.29, 1.82) is 0 Å². The van der Waals surface area contributed by atoms with Crippen LogP contribution in [0.25, 0.3) is 10.9 Å². The first-order chi connectivity index (χ1) is 25.9. The number of likely N-dealkylation sites (N-methyl/N-ethyl adjacent to an activating group) is 1. The van der Waals surface area contributed by atoms with Crippen LogP contribution in [0.4, 0.5) is 4.79 Å². The number of benzene rings is 1. The zero-order valence-electron chi connectivity index (χ0n) is 33.7. The molecule has 2 aromatic rings. The van der Waals surface area contributed by atoms with Gasteiger partial charge in [0, 0.05) is 40.9 Å². The molecule has 0 radical (unpaired) electrons. The molecule has 4 heterocycles. The van der Waals surface area contributed by atoms with E-state index in [4.69, 9.17) is 23.7 Å². The number of ether oxygens (including phenoxy) is 5. The van der Waals surface area contributed by atoms with E-state index in [1.807, 2.05) is 56.3 Å². The molecule has 1 aromatic heterocycles. The SMILES string of the molecule is CC[C@H]1OC(=O)[C@H](C)C(=O)[C@H](C)[C@@H](O[C@@H]2O[C@H](C)C[C@H](N(C)C)[C@H]2O)[C@](C)(OCC#Cc2cnc3ccccc3c2)C[C@@H](C)C(=O)[C@H](C)[C@H]2NC(=O)O[C@@]21C. The van der Waals surface area contributed by atoms with Gasteiger partial charge in [0.1, 0.15) is 30.5 Å². The fraction of sp³-hybridized carbons (Fsp3) is 0.643. The average Bonchev–Trinajstić information content (AvgIpc) is 3.47. The molecule has 0 saturated carbocycles. The Hall–Kier alpha value is -3.93. The van der Waals surface area contributed by atoms with E-state index in [1.165, 1.54) is 6.92 Å². The number of pyridine rings is 1. The summed E-state index contributed by atoms with van der Waals surface area (Å²) in [5.74, 6) is 0.939. The Kier molecular flexibility index (Phi) is 13.1. The van der Waals surface area contributed by atoms with Gasteiger partial charge in [-0.2, -0.15) is 0 Å². The number of nitrogens with zero attached hydrogens (tertiary/aromatic N) is 2. The third kappa shape index (κ3) is 8.89. The molecule has 0 unspecified atom stereocenters. The van der Waals surface area contributed by atoms with Gasteiger partial charge >= 0.3 is 12.1 Å². The number of rotatable bonds is 6. The Bertz CT molecular complexity index is 1810. The van der Waals surface area contributed by atoms with Crippen LogP contribution in [-0.2, 0) is 38.1 Å². The van der Waals surface area contributed by atoms with Gasteiger partial charge in [-0.25, -0.2) is 4.79 Å². The Morgan fingerprint density at radius 2 is 1.75 bits per heavy atom. The molecule has 3 fully saturated rings. The van der Waals surface area contributed by atoms with Gasteiger partial charge in [-0.15, -0.1) is 0 Å². The second-order valence-corrected chi connectivity index (χ2v) is 16.2. The summed E-state index contributed by atoms with van der Waals surface area (Å²) in [5.41, 5.74) is -1.28. The minimum atomic E-state index is -1.41. The van der Waals surface area contributed by atoms with E-state index in [9.17, 15) is 24.3 Å². The summed E-state index contributed by atoms with van der Waals surface area (Å²) in [7, 11) is 3.73. The molecule has 2 N–H and O–H groups in total.